The predicted molar refractivity (Wildman–Crippen MR) is 75.5 cm³/mol. The first-order valence-corrected chi connectivity index (χ1v) is 6.82. The highest BCUT2D eigenvalue weighted by Gasteiger charge is 2.17. The zero-order chi connectivity index (χ0) is 15.4. The first-order chi connectivity index (χ1) is 10.1. The molecule has 0 spiro atoms. The van der Waals surface area contributed by atoms with E-state index in [9.17, 15) is 13.2 Å². The third kappa shape index (κ3) is 3.32. The molecule has 1 aromatic heterocycles. The average molecular weight is 295 g/mol. The molecule has 2 aromatic rings. The smallest absolute Gasteiger partial charge is 0.195 e. The number of anilines is 1. The zero-order valence-corrected chi connectivity index (χ0v) is 11.9. The maximum absolute atomic E-state index is 13.9. The number of aromatic nitrogens is 2. The van der Waals surface area contributed by atoms with Gasteiger partial charge in [-0.05, 0) is 25.5 Å². The minimum absolute atomic E-state index is 0.0761. The Morgan fingerprint density at radius 1 is 1.05 bits per heavy atom. The Bertz CT molecular complexity index is 620. The lowest BCUT2D eigenvalue weighted by Crippen LogP contribution is -2.05. The maximum atomic E-state index is 13.9. The Kier molecular flexibility index (Phi) is 4.77. The fraction of sp³-hybridized carbons (Fsp3) is 0.333. The van der Waals surface area contributed by atoms with Crippen LogP contribution in [0.25, 0.3) is 11.3 Å². The van der Waals surface area contributed by atoms with Crippen LogP contribution in [-0.2, 0) is 6.42 Å². The van der Waals surface area contributed by atoms with Gasteiger partial charge in [0.25, 0.3) is 0 Å². The van der Waals surface area contributed by atoms with Crippen LogP contribution in [0, 0.1) is 17.5 Å². The Hall–Kier alpha value is -2.11. The molecule has 1 N–H and O–H groups in total. The Morgan fingerprint density at radius 2 is 1.81 bits per heavy atom. The van der Waals surface area contributed by atoms with Gasteiger partial charge in [0.1, 0.15) is 11.6 Å². The van der Waals surface area contributed by atoms with Gasteiger partial charge in [-0.2, -0.15) is 0 Å². The van der Waals surface area contributed by atoms with Gasteiger partial charge in [0.05, 0.1) is 5.69 Å². The van der Waals surface area contributed by atoms with E-state index in [1.165, 1.54) is 12.1 Å². The van der Waals surface area contributed by atoms with Crippen LogP contribution < -0.4 is 5.32 Å². The monoisotopic (exact) mass is 295 g/mol. The largest absolute Gasteiger partial charge is 0.370 e. The molecule has 0 amide bonds. The lowest BCUT2D eigenvalue weighted by Gasteiger charge is -2.10. The van der Waals surface area contributed by atoms with Crippen molar-refractivity contribution in [1.29, 1.82) is 0 Å². The van der Waals surface area contributed by atoms with Crippen LogP contribution >= 0.6 is 0 Å². The summed E-state index contributed by atoms with van der Waals surface area (Å²) in [7, 11) is 0. The van der Waals surface area contributed by atoms with Gasteiger partial charge in [0, 0.05) is 24.6 Å². The zero-order valence-electron chi connectivity index (χ0n) is 11.9. The average Bonchev–Trinajstić information content (AvgIpc) is 2.45. The van der Waals surface area contributed by atoms with E-state index in [2.05, 4.69) is 15.3 Å². The molecule has 0 aliphatic rings. The van der Waals surface area contributed by atoms with Crippen molar-refractivity contribution in [3.8, 4) is 11.3 Å². The van der Waals surface area contributed by atoms with Gasteiger partial charge >= 0.3 is 0 Å². The minimum Gasteiger partial charge on any atom is -0.370 e. The standard InChI is InChI=1S/C15H16F3N3/c1-3-5-12-20-11(8-13(21-12)19-4-2)9-6-7-10(16)15(18)14(9)17/h6-8H,3-5H2,1-2H3,(H,19,20,21). The third-order valence-electron chi connectivity index (χ3n) is 2.92. The summed E-state index contributed by atoms with van der Waals surface area (Å²) in [5.41, 5.74) is 0.161. The first-order valence-electron chi connectivity index (χ1n) is 6.82. The summed E-state index contributed by atoms with van der Waals surface area (Å²) in [4.78, 5) is 8.52. The summed E-state index contributed by atoms with van der Waals surface area (Å²) in [6, 6.07) is 3.60. The van der Waals surface area contributed by atoms with Gasteiger partial charge < -0.3 is 5.32 Å². The molecule has 2 rings (SSSR count). The first kappa shape index (κ1) is 15.3. The molecular formula is C15H16F3N3. The molecule has 0 radical (unpaired) electrons. The highest BCUT2D eigenvalue weighted by molar-refractivity contribution is 5.63. The summed E-state index contributed by atoms with van der Waals surface area (Å²) in [5.74, 6) is -2.87. The lowest BCUT2D eigenvalue weighted by molar-refractivity contribution is 0.449. The van der Waals surface area contributed by atoms with Crippen molar-refractivity contribution in [3.63, 3.8) is 0 Å². The summed E-state index contributed by atoms with van der Waals surface area (Å²) < 4.78 is 40.3. The normalized spacial score (nSPS) is 10.7. The number of nitrogens with zero attached hydrogens (tertiary/aromatic N) is 2. The van der Waals surface area contributed by atoms with E-state index >= 15 is 0 Å². The predicted octanol–water partition coefficient (Wildman–Crippen LogP) is 3.95. The van der Waals surface area contributed by atoms with Crippen LogP contribution in [-0.4, -0.2) is 16.5 Å². The molecule has 0 aliphatic carbocycles. The Balaban J connectivity index is 2.54. The van der Waals surface area contributed by atoms with Crippen LogP contribution in [0.4, 0.5) is 19.0 Å². The van der Waals surface area contributed by atoms with Crippen molar-refractivity contribution >= 4 is 5.82 Å². The van der Waals surface area contributed by atoms with Gasteiger partial charge in [-0.3, -0.25) is 0 Å². The van der Waals surface area contributed by atoms with Crippen molar-refractivity contribution in [2.24, 2.45) is 0 Å². The number of rotatable bonds is 5. The van der Waals surface area contributed by atoms with Gasteiger partial charge in [-0.1, -0.05) is 6.92 Å². The Morgan fingerprint density at radius 3 is 2.48 bits per heavy atom. The van der Waals surface area contributed by atoms with E-state index in [4.69, 9.17) is 0 Å². The molecule has 0 atom stereocenters. The molecule has 6 heteroatoms. The third-order valence-corrected chi connectivity index (χ3v) is 2.92. The molecule has 0 aliphatic heterocycles. The van der Waals surface area contributed by atoms with Crippen LogP contribution in [0.15, 0.2) is 18.2 Å². The second kappa shape index (κ2) is 6.56. The van der Waals surface area contributed by atoms with Gasteiger partial charge in [-0.25, -0.2) is 23.1 Å². The molecule has 0 saturated heterocycles. The molecule has 0 fully saturated rings. The molecule has 3 nitrogen and oxygen atoms in total. The van der Waals surface area contributed by atoms with Crippen LogP contribution in [0.1, 0.15) is 26.1 Å². The highest BCUT2D eigenvalue weighted by Crippen LogP contribution is 2.26. The van der Waals surface area contributed by atoms with Crippen molar-refractivity contribution in [2.45, 2.75) is 26.7 Å². The van der Waals surface area contributed by atoms with E-state index in [0.29, 0.717) is 24.6 Å². The van der Waals surface area contributed by atoms with E-state index in [1.54, 1.807) is 0 Å². The van der Waals surface area contributed by atoms with Crippen LogP contribution in [0.5, 0.6) is 0 Å². The van der Waals surface area contributed by atoms with Crippen molar-refractivity contribution in [2.75, 3.05) is 11.9 Å². The molecule has 0 bridgehead atoms. The summed E-state index contributed by atoms with van der Waals surface area (Å²) >= 11 is 0. The quantitative estimate of drug-likeness (QED) is 0.849. The number of hydrogen-bond donors (Lipinski definition) is 1. The van der Waals surface area contributed by atoms with Crippen molar-refractivity contribution in [3.05, 3.63) is 41.5 Å². The topological polar surface area (TPSA) is 37.8 Å². The number of halogens is 3. The lowest BCUT2D eigenvalue weighted by atomic mass is 10.1. The number of benzene rings is 1. The number of nitrogens with one attached hydrogen (secondary N) is 1. The molecule has 112 valence electrons. The van der Waals surface area contributed by atoms with E-state index in [0.717, 1.165) is 12.5 Å². The van der Waals surface area contributed by atoms with Crippen molar-refractivity contribution < 1.29 is 13.2 Å². The SMILES string of the molecule is CCCc1nc(NCC)cc(-c2ccc(F)c(F)c2F)n1. The summed E-state index contributed by atoms with van der Waals surface area (Å²) in [6.45, 7) is 4.52. The molecule has 1 heterocycles. The molecule has 21 heavy (non-hydrogen) atoms. The Labute approximate surface area is 121 Å². The molecule has 1 aromatic carbocycles. The molecular weight excluding hydrogens is 279 g/mol. The highest BCUT2D eigenvalue weighted by atomic mass is 19.2. The maximum Gasteiger partial charge on any atom is 0.195 e. The van der Waals surface area contributed by atoms with E-state index in [1.807, 2.05) is 13.8 Å². The number of aryl methyl sites for hydroxylation is 1. The fourth-order valence-corrected chi connectivity index (χ4v) is 1.97. The van der Waals surface area contributed by atoms with E-state index < -0.39 is 17.5 Å². The summed E-state index contributed by atoms with van der Waals surface area (Å²) in [5, 5.41) is 3.02. The molecule has 0 unspecified atom stereocenters. The van der Waals surface area contributed by atoms with Crippen LogP contribution in [0.2, 0.25) is 0 Å². The van der Waals surface area contributed by atoms with Gasteiger partial charge in [-0.15, -0.1) is 0 Å². The van der Waals surface area contributed by atoms with Gasteiger partial charge in [0.2, 0.25) is 0 Å². The molecule has 0 saturated carbocycles. The second-order valence-electron chi connectivity index (χ2n) is 4.56. The van der Waals surface area contributed by atoms with Gasteiger partial charge in [0.15, 0.2) is 17.5 Å². The number of hydrogen-bond acceptors (Lipinski definition) is 3. The fourth-order valence-electron chi connectivity index (χ4n) is 1.97. The summed E-state index contributed by atoms with van der Waals surface area (Å²) in [6.07, 6.45) is 1.45. The minimum atomic E-state index is -1.49. The second-order valence-corrected chi connectivity index (χ2v) is 4.56. The van der Waals surface area contributed by atoms with E-state index in [-0.39, 0.29) is 11.3 Å². The van der Waals surface area contributed by atoms with Crippen LogP contribution in [0.3, 0.4) is 0 Å². The van der Waals surface area contributed by atoms with Crippen molar-refractivity contribution in [1.82, 2.24) is 9.97 Å².